The maximum atomic E-state index is 10.1. The predicted molar refractivity (Wildman–Crippen MR) is 64.8 cm³/mol. The Morgan fingerprint density at radius 1 is 1.20 bits per heavy atom. The Bertz CT molecular complexity index is 155. The largest absolute Gasteiger partial charge is 0.390 e. The van der Waals surface area contributed by atoms with Gasteiger partial charge in [0.05, 0.1) is 11.7 Å². The number of aliphatic hydroxyl groups excluding tert-OH is 1. The van der Waals surface area contributed by atoms with Crippen LogP contribution in [0, 0.1) is 5.92 Å². The lowest BCUT2D eigenvalue weighted by atomic mass is 9.85. The van der Waals surface area contributed by atoms with E-state index in [9.17, 15) is 10.2 Å². The van der Waals surface area contributed by atoms with Crippen molar-refractivity contribution in [2.75, 3.05) is 0 Å². The Kier molecular flexibility index (Phi) is 7.20. The van der Waals surface area contributed by atoms with Crippen LogP contribution in [0.25, 0.3) is 0 Å². The van der Waals surface area contributed by atoms with Gasteiger partial charge in [0.25, 0.3) is 0 Å². The van der Waals surface area contributed by atoms with Gasteiger partial charge in [-0.25, -0.2) is 0 Å². The molecule has 0 saturated carbocycles. The molecule has 2 nitrogen and oxygen atoms in total. The van der Waals surface area contributed by atoms with E-state index in [-0.39, 0.29) is 0 Å². The minimum absolute atomic E-state index is 0.473. The highest BCUT2D eigenvalue weighted by atomic mass is 16.3. The van der Waals surface area contributed by atoms with E-state index in [1.54, 1.807) is 6.92 Å². The summed E-state index contributed by atoms with van der Waals surface area (Å²) in [5, 5.41) is 20.0. The van der Waals surface area contributed by atoms with Crippen LogP contribution < -0.4 is 0 Å². The second-order valence-corrected chi connectivity index (χ2v) is 5.09. The molecule has 0 rings (SSSR count). The normalized spacial score (nSPS) is 19.6. The standard InChI is InChI=1S/C13H28O2/c1-5-7-8-9-12(14)13(4,15)10-11(3)6-2/h11-12,14-15H,5-10H2,1-4H3. The van der Waals surface area contributed by atoms with E-state index in [1.807, 2.05) is 0 Å². The summed E-state index contributed by atoms with van der Waals surface area (Å²) in [6.45, 7) is 8.14. The zero-order chi connectivity index (χ0) is 11.9. The van der Waals surface area contributed by atoms with E-state index in [0.717, 1.165) is 32.1 Å². The van der Waals surface area contributed by atoms with Gasteiger partial charge in [-0.3, -0.25) is 0 Å². The third kappa shape index (κ3) is 6.16. The number of aliphatic hydroxyl groups is 2. The van der Waals surface area contributed by atoms with Crippen LogP contribution in [-0.4, -0.2) is 21.9 Å². The average molecular weight is 216 g/mol. The molecule has 0 aromatic carbocycles. The predicted octanol–water partition coefficient (Wildman–Crippen LogP) is 3.11. The van der Waals surface area contributed by atoms with Crippen molar-refractivity contribution < 1.29 is 10.2 Å². The molecule has 0 spiro atoms. The minimum atomic E-state index is -0.914. The smallest absolute Gasteiger partial charge is 0.0880 e. The van der Waals surface area contributed by atoms with Crippen molar-refractivity contribution in [3.63, 3.8) is 0 Å². The SMILES string of the molecule is CCCCCC(O)C(C)(O)CC(C)CC. The van der Waals surface area contributed by atoms with Crippen LogP contribution in [-0.2, 0) is 0 Å². The van der Waals surface area contributed by atoms with Gasteiger partial charge in [-0.1, -0.05) is 46.5 Å². The second-order valence-electron chi connectivity index (χ2n) is 5.09. The van der Waals surface area contributed by atoms with Gasteiger partial charge in [-0.15, -0.1) is 0 Å². The molecule has 0 aliphatic rings. The van der Waals surface area contributed by atoms with E-state index in [1.165, 1.54) is 0 Å². The van der Waals surface area contributed by atoms with Crippen LogP contribution in [0.4, 0.5) is 0 Å². The van der Waals surface area contributed by atoms with E-state index in [4.69, 9.17) is 0 Å². The molecule has 0 aliphatic heterocycles. The molecule has 0 heterocycles. The fourth-order valence-corrected chi connectivity index (χ4v) is 1.88. The molecule has 2 N–H and O–H groups in total. The summed E-state index contributed by atoms with van der Waals surface area (Å²) in [6, 6.07) is 0. The monoisotopic (exact) mass is 216 g/mol. The molecule has 2 heteroatoms. The van der Waals surface area contributed by atoms with Crippen molar-refractivity contribution in [1.29, 1.82) is 0 Å². The number of unbranched alkanes of at least 4 members (excludes halogenated alkanes) is 2. The molecule has 3 unspecified atom stereocenters. The van der Waals surface area contributed by atoms with Crippen LogP contribution >= 0.6 is 0 Å². The first-order chi connectivity index (χ1) is 6.94. The van der Waals surface area contributed by atoms with Crippen LogP contribution in [0.2, 0.25) is 0 Å². The summed E-state index contributed by atoms with van der Waals surface area (Å²) in [5.41, 5.74) is -0.914. The molecule has 0 bridgehead atoms. The van der Waals surface area contributed by atoms with Gasteiger partial charge in [0.2, 0.25) is 0 Å². The van der Waals surface area contributed by atoms with Crippen molar-refractivity contribution >= 4 is 0 Å². The lowest BCUT2D eigenvalue weighted by molar-refractivity contribution is -0.0788. The van der Waals surface area contributed by atoms with Gasteiger partial charge in [-0.05, 0) is 25.7 Å². The van der Waals surface area contributed by atoms with Crippen molar-refractivity contribution in [3.05, 3.63) is 0 Å². The van der Waals surface area contributed by atoms with Crippen LogP contribution in [0.5, 0.6) is 0 Å². The zero-order valence-electron chi connectivity index (χ0n) is 10.8. The van der Waals surface area contributed by atoms with Gasteiger partial charge in [0.15, 0.2) is 0 Å². The lowest BCUT2D eigenvalue weighted by Crippen LogP contribution is -2.40. The molecular weight excluding hydrogens is 188 g/mol. The van der Waals surface area contributed by atoms with Crippen molar-refractivity contribution in [2.24, 2.45) is 5.92 Å². The molecule has 0 aliphatic carbocycles. The Labute approximate surface area is 94.7 Å². The molecule has 15 heavy (non-hydrogen) atoms. The van der Waals surface area contributed by atoms with Crippen molar-refractivity contribution in [1.82, 2.24) is 0 Å². The van der Waals surface area contributed by atoms with Gasteiger partial charge in [0, 0.05) is 0 Å². The Morgan fingerprint density at radius 3 is 2.27 bits per heavy atom. The summed E-state index contributed by atoms with van der Waals surface area (Å²) in [6.07, 6.45) is 5.19. The average Bonchev–Trinajstić information content (AvgIpc) is 2.17. The Hall–Kier alpha value is -0.0800. The molecule has 0 aromatic rings. The quantitative estimate of drug-likeness (QED) is 0.612. The number of hydrogen-bond donors (Lipinski definition) is 2. The van der Waals surface area contributed by atoms with Crippen LogP contribution in [0.3, 0.4) is 0 Å². The molecule has 92 valence electrons. The van der Waals surface area contributed by atoms with Crippen molar-refractivity contribution in [2.45, 2.75) is 77.9 Å². The summed E-state index contributed by atoms with van der Waals surface area (Å²) >= 11 is 0. The van der Waals surface area contributed by atoms with E-state index < -0.39 is 11.7 Å². The Balaban J connectivity index is 3.95. The highest BCUT2D eigenvalue weighted by molar-refractivity contribution is 4.83. The Morgan fingerprint density at radius 2 is 1.80 bits per heavy atom. The van der Waals surface area contributed by atoms with Gasteiger partial charge in [0.1, 0.15) is 0 Å². The highest BCUT2D eigenvalue weighted by Crippen LogP contribution is 2.25. The molecule has 3 atom stereocenters. The third-order valence-corrected chi connectivity index (χ3v) is 3.26. The van der Waals surface area contributed by atoms with Gasteiger partial charge in [-0.2, -0.15) is 0 Å². The topological polar surface area (TPSA) is 40.5 Å². The minimum Gasteiger partial charge on any atom is -0.390 e. The molecule has 0 amide bonds. The number of rotatable bonds is 8. The van der Waals surface area contributed by atoms with E-state index >= 15 is 0 Å². The van der Waals surface area contributed by atoms with Crippen LogP contribution in [0.1, 0.15) is 66.2 Å². The molecule has 0 saturated heterocycles. The summed E-state index contributed by atoms with van der Waals surface area (Å²) < 4.78 is 0. The van der Waals surface area contributed by atoms with E-state index in [2.05, 4.69) is 20.8 Å². The molecule has 0 radical (unpaired) electrons. The maximum absolute atomic E-state index is 10.1. The second kappa shape index (κ2) is 7.24. The maximum Gasteiger partial charge on any atom is 0.0880 e. The first-order valence-electron chi connectivity index (χ1n) is 6.34. The summed E-state index contributed by atoms with van der Waals surface area (Å²) in [7, 11) is 0. The lowest BCUT2D eigenvalue weighted by Gasteiger charge is -2.31. The van der Waals surface area contributed by atoms with Crippen LogP contribution in [0.15, 0.2) is 0 Å². The fourth-order valence-electron chi connectivity index (χ4n) is 1.88. The van der Waals surface area contributed by atoms with E-state index in [0.29, 0.717) is 12.3 Å². The van der Waals surface area contributed by atoms with Gasteiger partial charge >= 0.3 is 0 Å². The molecule has 0 aromatic heterocycles. The van der Waals surface area contributed by atoms with Crippen molar-refractivity contribution in [3.8, 4) is 0 Å². The number of hydrogen-bond acceptors (Lipinski definition) is 2. The summed E-state index contributed by atoms with van der Waals surface area (Å²) in [5.74, 6) is 0.473. The fraction of sp³-hybridized carbons (Fsp3) is 1.00. The molecule has 0 fully saturated rings. The molecular formula is C13H28O2. The highest BCUT2D eigenvalue weighted by Gasteiger charge is 2.30. The zero-order valence-corrected chi connectivity index (χ0v) is 10.8. The first-order valence-corrected chi connectivity index (χ1v) is 6.34. The first kappa shape index (κ1) is 14.9. The summed E-state index contributed by atoms with van der Waals surface area (Å²) in [4.78, 5) is 0. The van der Waals surface area contributed by atoms with Gasteiger partial charge < -0.3 is 10.2 Å². The third-order valence-electron chi connectivity index (χ3n) is 3.26.